The lowest BCUT2D eigenvalue weighted by Crippen LogP contribution is -2.13. The van der Waals surface area contributed by atoms with Crippen molar-refractivity contribution >= 4 is 10.3 Å². The Labute approximate surface area is 65.7 Å². The Balaban J connectivity index is 2.92. The first-order chi connectivity index (χ1) is 5.17. The summed E-state index contributed by atoms with van der Waals surface area (Å²) in [5, 5.41) is 0. The molecule has 0 bridgehead atoms. The van der Waals surface area contributed by atoms with E-state index in [0.717, 1.165) is 3.97 Å². The van der Waals surface area contributed by atoms with E-state index in [9.17, 15) is 8.42 Å². The summed E-state index contributed by atoms with van der Waals surface area (Å²) in [7, 11) is -3.55. The third-order valence-electron chi connectivity index (χ3n) is 1.10. The van der Waals surface area contributed by atoms with Crippen LogP contribution in [0, 0.1) is 0 Å². The summed E-state index contributed by atoms with van der Waals surface area (Å²) in [4.78, 5) is 0. The van der Waals surface area contributed by atoms with Gasteiger partial charge in [-0.1, -0.05) is 0 Å². The maximum atomic E-state index is 11.0. The van der Waals surface area contributed by atoms with Crippen molar-refractivity contribution in [3.63, 3.8) is 0 Å². The molecule has 4 nitrogen and oxygen atoms in total. The predicted octanol–water partition coefficient (Wildman–Crippen LogP) is 0.618. The molecule has 1 aromatic rings. The number of hydrogen-bond donors (Lipinski definition) is 0. The number of aromatic nitrogens is 1. The second-order valence-electron chi connectivity index (χ2n) is 1.88. The summed E-state index contributed by atoms with van der Waals surface area (Å²) in [6.45, 7) is 1.78. The van der Waals surface area contributed by atoms with Crippen LogP contribution >= 0.6 is 0 Å². The molecular weight excluding hydrogens is 166 g/mol. The monoisotopic (exact) mass is 175 g/mol. The second kappa shape index (κ2) is 3.06. The molecule has 0 saturated carbocycles. The van der Waals surface area contributed by atoms with Gasteiger partial charge in [-0.05, 0) is 19.1 Å². The molecule has 62 valence electrons. The molecule has 11 heavy (non-hydrogen) atoms. The van der Waals surface area contributed by atoms with Crippen LogP contribution in [0.4, 0.5) is 0 Å². The molecule has 1 rings (SSSR count). The van der Waals surface area contributed by atoms with Crippen LogP contribution in [0.15, 0.2) is 24.5 Å². The van der Waals surface area contributed by atoms with Crippen LogP contribution in [-0.2, 0) is 14.5 Å². The zero-order valence-electron chi connectivity index (χ0n) is 6.10. The first kappa shape index (κ1) is 8.29. The Morgan fingerprint density at radius 3 is 2.36 bits per heavy atom. The first-order valence-corrected chi connectivity index (χ1v) is 4.56. The van der Waals surface area contributed by atoms with E-state index in [2.05, 4.69) is 4.18 Å². The van der Waals surface area contributed by atoms with Crippen molar-refractivity contribution in [3.8, 4) is 0 Å². The molecule has 0 aliphatic carbocycles. The number of nitrogens with zero attached hydrogens (tertiary/aromatic N) is 1. The van der Waals surface area contributed by atoms with Crippen molar-refractivity contribution in [2.24, 2.45) is 0 Å². The molecule has 0 unspecified atom stereocenters. The lowest BCUT2D eigenvalue weighted by Gasteiger charge is -2.02. The van der Waals surface area contributed by atoms with Gasteiger partial charge < -0.3 is 0 Å². The fourth-order valence-corrected chi connectivity index (χ4v) is 1.54. The van der Waals surface area contributed by atoms with Crippen LogP contribution in [0.5, 0.6) is 0 Å². The Kier molecular flexibility index (Phi) is 2.31. The summed E-state index contributed by atoms with van der Waals surface area (Å²) < 4.78 is 27.6. The molecule has 0 radical (unpaired) electrons. The minimum absolute atomic E-state index is 0.153. The minimum Gasteiger partial charge on any atom is -0.254 e. The molecule has 0 saturated heterocycles. The van der Waals surface area contributed by atoms with Crippen LogP contribution in [0.2, 0.25) is 0 Å². The smallest absolute Gasteiger partial charge is 0.254 e. The van der Waals surface area contributed by atoms with Crippen LogP contribution < -0.4 is 0 Å². The van der Waals surface area contributed by atoms with Gasteiger partial charge in [0.1, 0.15) is 0 Å². The van der Waals surface area contributed by atoms with E-state index in [0.29, 0.717) is 0 Å². The molecule has 0 aromatic carbocycles. The Hall–Kier alpha value is -0.810. The van der Waals surface area contributed by atoms with Gasteiger partial charge in [-0.15, -0.1) is 0 Å². The quantitative estimate of drug-likeness (QED) is 0.676. The zero-order chi connectivity index (χ0) is 8.32. The highest BCUT2D eigenvalue weighted by Gasteiger charge is 2.09. The lowest BCUT2D eigenvalue weighted by atomic mass is 10.7. The molecule has 0 amide bonds. The summed E-state index contributed by atoms with van der Waals surface area (Å²) in [5.74, 6) is 0. The summed E-state index contributed by atoms with van der Waals surface area (Å²) >= 11 is 0. The van der Waals surface area contributed by atoms with E-state index >= 15 is 0 Å². The maximum Gasteiger partial charge on any atom is 0.365 e. The van der Waals surface area contributed by atoms with E-state index in [-0.39, 0.29) is 6.61 Å². The molecule has 0 N–H and O–H groups in total. The predicted molar refractivity (Wildman–Crippen MR) is 40.4 cm³/mol. The maximum absolute atomic E-state index is 11.0. The molecule has 0 aliphatic heterocycles. The Morgan fingerprint density at radius 1 is 1.36 bits per heavy atom. The van der Waals surface area contributed by atoms with Crippen molar-refractivity contribution in [1.82, 2.24) is 3.97 Å². The molecule has 0 aliphatic rings. The van der Waals surface area contributed by atoms with Gasteiger partial charge >= 0.3 is 10.3 Å². The SMILES string of the molecule is CCOS(=O)(=O)n1cccc1. The fourth-order valence-electron chi connectivity index (χ4n) is 0.678. The molecule has 5 heteroatoms. The molecule has 0 fully saturated rings. The lowest BCUT2D eigenvalue weighted by molar-refractivity contribution is 0.332. The highest BCUT2D eigenvalue weighted by atomic mass is 32.2. The number of hydrogen-bond acceptors (Lipinski definition) is 3. The first-order valence-electron chi connectivity index (χ1n) is 3.19. The molecule has 1 aromatic heterocycles. The van der Waals surface area contributed by atoms with E-state index in [1.165, 1.54) is 12.4 Å². The molecule has 0 atom stereocenters. The largest absolute Gasteiger partial charge is 0.365 e. The standard InChI is InChI=1S/C6H9NO3S/c1-2-10-11(8,9)7-5-3-4-6-7/h3-6H,2H2,1H3. The Morgan fingerprint density at radius 2 is 1.91 bits per heavy atom. The van der Waals surface area contributed by atoms with E-state index in [1.54, 1.807) is 19.1 Å². The average Bonchev–Trinajstić information content (AvgIpc) is 2.37. The van der Waals surface area contributed by atoms with Crippen molar-refractivity contribution in [2.75, 3.05) is 6.61 Å². The van der Waals surface area contributed by atoms with Crippen molar-refractivity contribution in [1.29, 1.82) is 0 Å². The number of rotatable bonds is 3. The fraction of sp³-hybridized carbons (Fsp3) is 0.333. The van der Waals surface area contributed by atoms with Crippen molar-refractivity contribution in [3.05, 3.63) is 24.5 Å². The third kappa shape index (κ3) is 1.81. The van der Waals surface area contributed by atoms with Crippen LogP contribution in [0.1, 0.15) is 6.92 Å². The van der Waals surface area contributed by atoms with E-state index < -0.39 is 10.3 Å². The Bertz CT molecular complexity index is 301. The average molecular weight is 175 g/mol. The van der Waals surface area contributed by atoms with Gasteiger partial charge in [0.15, 0.2) is 0 Å². The van der Waals surface area contributed by atoms with Gasteiger partial charge in [-0.3, -0.25) is 4.18 Å². The van der Waals surface area contributed by atoms with Gasteiger partial charge in [-0.2, -0.15) is 8.42 Å². The molecule has 1 heterocycles. The van der Waals surface area contributed by atoms with E-state index in [1.807, 2.05) is 0 Å². The summed E-state index contributed by atoms with van der Waals surface area (Å²) in [5.41, 5.74) is 0. The van der Waals surface area contributed by atoms with Crippen molar-refractivity contribution in [2.45, 2.75) is 6.92 Å². The van der Waals surface area contributed by atoms with Crippen LogP contribution in [0.3, 0.4) is 0 Å². The third-order valence-corrected chi connectivity index (χ3v) is 2.40. The van der Waals surface area contributed by atoms with Gasteiger partial charge in [-0.25, -0.2) is 3.97 Å². The molecule has 0 spiro atoms. The van der Waals surface area contributed by atoms with Crippen molar-refractivity contribution < 1.29 is 12.6 Å². The highest BCUT2D eigenvalue weighted by molar-refractivity contribution is 7.85. The summed E-state index contributed by atoms with van der Waals surface area (Å²) in [6.07, 6.45) is 2.84. The van der Waals surface area contributed by atoms with E-state index in [4.69, 9.17) is 0 Å². The van der Waals surface area contributed by atoms with Gasteiger partial charge in [0.2, 0.25) is 0 Å². The van der Waals surface area contributed by atoms with Crippen LogP contribution in [0.25, 0.3) is 0 Å². The van der Waals surface area contributed by atoms with Gasteiger partial charge in [0.05, 0.1) is 6.61 Å². The zero-order valence-corrected chi connectivity index (χ0v) is 6.91. The second-order valence-corrected chi connectivity index (χ2v) is 3.39. The van der Waals surface area contributed by atoms with Crippen LogP contribution in [-0.4, -0.2) is 19.0 Å². The highest BCUT2D eigenvalue weighted by Crippen LogP contribution is 1.99. The molecular formula is C6H9NO3S. The van der Waals surface area contributed by atoms with Gasteiger partial charge in [0.25, 0.3) is 0 Å². The topological polar surface area (TPSA) is 48.3 Å². The minimum atomic E-state index is -3.55. The normalized spacial score (nSPS) is 11.7. The summed E-state index contributed by atoms with van der Waals surface area (Å²) in [6, 6.07) is 3.24. The van der Waals surface area contributed by atoms with Gasteiger partial charge in [0, 0.05) is 12.4 Å².